The zero-order valence-electron chi connectivity index (χ0n) is 10.7. The van der Waals surface area contributed by atoms with Gasteiger partial charge in [-0.2, -0.15) is 0 Å². The molecule has 94 valence electrons. The van der Waals surface area contributed by atoms with E-state index in [1.807, 2.05) is 19.1 Å². The smallest absolute Gasteiger partial charge is 0.126 e. The predicted molar refractivity (Wildman–Crippen MR) is 72.1 cm³/mol. The van der Waals surface area contributed by atoms with Crippen LogP contribution in [0, 0.1) is 6.92 Å². The van der Waals surface area contributed by atoms with Gasteiger partial charge in [0.05, 0.1) is 11.4 Å². The Morgan fingerprint density at radius 3 is 3.06 bits per heavy atom. The highest BCUT2D eigenvalue weighted by Gasteiger charge is 2.22. The normalized spacial score (nSPS) is 20.7. The molecule has 1 aliphatic rings. The van der Waals surface area contributed by atoms with Crippen LogP contribution in [-0.2, 0) is 0 Å². The lowest BCUT2D eigenvalue weighted by Crippen LogP contribution is -2.34. The summed E-state index contributed by atoms with van der Waals surface area (Å²) in [6.45, 7) is 7.51. The lowest BCUT2D eigenvalue weighted by atomic mass is 10.2. The van der Waals surface area contributed by atoms with Gasteiger partial charge >= 0.3 is 0 Å². The molecular formula is C13H22N4. The number of aryl methyl sites for hydroxylation is 1. The molecule has 0 amide bonds. The summed E-state index contributed by atoms with van der Waals surface area (Å²) >= 11 is 0. The first kappa shape index (κ1) is 12.2. The van der Waals surface area contributed by atoms with Crippen LogP contribution in [0.2, 0.25) is 0 Å². The van der Waals surface area contributed by atoms with Crippen molar-refractivity contribution in [2.24, 2.45) is 0 Å². The molecule has 0 saturated carbocycles. The van der Waals surface area contributed by atoms with Gasteiger partial charge in [0, 0.05) is 12.6 Å². The van der Waals surface area contributed by atoms with Crippen LogP contribution in [0.25, 0.3) is 0 Å². The Labute approximate surface area is 103 Å². The summed E-state index contributed by atoms with van der Waals surface area (Å²) in [5.74, 6) is 0.930. The average Bonchev–Trinajstić information content (AvgIpc) is 2.78. The predicted octanol–water partition coefficient (Wildman–Crippen LogP) is 1.87. The van der Waals surface area contributed by atoms with Crippen LogP contribution in [0.15, 0.2) is 12.1 Å². The molecule has 1 atom stereocenters. The number of likely N-dealkylation sites (N-methyl/N-ethyl adjacent to an activating group) is 1. The van der Waals surface area contributed by atoms with Crippen LogP contribution >= 0.6 is 0 Å². The van der Waals surface area contributed by atoms with Gasteiger partial charge in [-0.05, 0) is 45.0 Å². The maximum absolute atomic E-state index is 5.75. The third-order valence-corrected chi connectivity index (χ3v) is 3.55. The molecule has 0 spiro atoms. The zero-order chi connectivity index (χ0) is 12.3. The Morgan fingerprint density at radius 1 is 1.53 bits per heavy atom. The molecule has 1 fully saturated rings. The number of hydrogen-bond acceptors (Lipinski definition) is 4. The van der Waals surface area contributed by atoms with Gasteiger partial charge in [0.1, 0.15) is 5.82 Å². The summed E-state index contributed by atoms with van der Waals surface area (Å²) in [6.07, 6.45) is 2.60. The lowest BCUT2D eigenvalue weighted by Gasteiger charge is -2.23. The molecule has 3 N–H and O–H groups in total. The Bertz CT molecular complexity index is 378. The number of nitrogens with one attached hydrogen (secondary N) is 1. The highest BCUT2D eigenvalue weighted by Crippen LogP contribution is 2.18. The van der Waals surface area contributed by atoms with Gasteiger partial charge in [0.15, 0.2) is 0 Å². The fourth-order valence-electron chi connectivity index (χ4n) is 2.44. The molecule has 2 rings (SSSR count). The van der Waals surface area contributed by atoms with Crippen molar-refractivity contribution in [1.82, 2.24) is 9.88 Å². The molecule has 1 aromatic rings. The second kappa shape index (κ2) is 5.36. The molecular weight excluding hydrogens is 212 g/mol. The lowest BCUT2D eigenvalue weighted by molar-refractivity contribution is 0.277. The van der Waals surface area contributed by atoms with Gasteiger partial charge in [-0.25, -0.2) is 4.98 Å². The maximum atomic E-state index is 5.75. The van der Waals surface area contributed by atoms with Gasteiger partial charge in [-0.3, -0.25) is 4.90 Å². The van der Waals surface area contributed by atoms with Crippen LogP contribution < -0.4 is 11.1 Å². The third-order valence-electron chi connectivity index (χ3n) is 3.55. The number of pyridine rings is 1. The molecule has 0 radical (unpaired) electrons. The van der Waals surface area contributed by atoms with E-state index in [9.17, 15) is 0 Å². The number of nitrogens with two attached hydrogens (primary N) is 1. The number of hydrogen-bond donors (Lipinski definition) is 2. The van der Waals surface area contributed by atoms with E-state index in [1.54, 1.807) is 0 Å². The molecule has 1 aliphatic heterocycles. The molecule has 1 aromatic heterocycles. The Morgan fingerprint density at radius 2 is 2.35 bits per heavy atom. The Hall–Kier alpha value is -1.29. The molecule has 1 unspecified atom stereocenters. The minimum Gasteiger partial charge on any atom is -0.397 e. The van der Waals surface area contributed by atoms with Crippen molar-refractivity contribution < 1.29 is 0 Å². The van der Waals surface area contributed by atoms with E-state index in [0.717, 1.165) is 30.3 Å². The van der Waals surface area contributed by atoms with Crippen LogP contribution in [0.1, 0.15) is 25.5 Å². The topological polar surface area (TPSA) is 54.2 Å². The summed E-state index contributed by atoms with van der Waals surface area (Å²) in [5, 5.41) is 3.41. The van der Waals surface area contributed by atoms with E-state index in [-0.39, 0.29) is 0 Å². The number of aromatic nitrogens is 1. The van der Waals surface area contributed by atoms with Crippen molar-refractivity contribution in [1.29, 1.82) is 0 Å². The summed E-state index contributed by atoms with van der Waals surface area (Å²) in [4.78, 5) is 6.95. The number of rotatable bonds is 4. The van der Waals surface area contributed by atoms with Gasteiger partial charge in [0.2, 0.25) is 0 Å². The second-order valence-electron chi connectivity index (χ2n) is 4.68. The van der Waals surface area contributed by atoms with Crippen LogP contribution in [0.5, 0.6) is 0 Å². The number of anilines is 2. The highest BCUT2D eigenvalue weighted by molar-refractivity contribution is 5.49. The fourth-order valence-corrected chi connectivity index (χ4v) is 2.44. The van der Waals surface area contributed by atoms with Crippen LogP contribution in [0.4, 0.5) is 11.5 Å². The largest absolute Gasteiger partial charge is 0.397 e. The molecule has 1 saturated heterocycles. The minimum absolute atomic E-state index is 0.652. The van der Waals surface area contributed by atoms with Crippen LogP contribution in [0.3, 0.4) is 0 Å². The van der Waals surface area contributed by atoms with Crippen molar-refractivity contribution in [3.63, 3.8) is 0 Å². The van der Waals surface area contributed by atoms with Crippen molar-refractivity contribution in [3.8, 4) is 0 Å². The van der Waals surface area contributed by atoms with E-state index in [4.69, 9.17) is 5.73 Å². The summed E-state index contributed by atoms with van der Waals surface area (Å²) in [7, 11) is 0. The van der Waals surface area contributed by atoms with E-state index in [1.165, 1.54) is 19.4 Å². The first-order chi connectivity index (χ1) is 8.20. The monoisotopic (exact) mass is 234 g/mol. The molecule has 0 bridgehead atoms. The first-order valence-corrected chi connectivity index (χ1v) is 6.41. The van der Waals surface area contributed by atoms with Gasteiger partial charge < -0.3 is 11.1 Å². The third kappa shape index (κ3) is 2.88. The maximum Gasteiger partial charge on any atom is 0.126 e. The minimum atomic E-state index is 0.652. The molecule has 17 heavy (non-hydrogen) atoms. The van der Waals surface area contributed by atoms with Gasteiger partial charge in [0.25, 0.3) is 0 Å². The van der Waals surface area contributed by atoms with Crippen molar-refractivity contribution >= 4 is 11.5 Å². The number of nitrogen functional groups attached to an aromatic ring is 1. The molecule has 0 aromatic carbocycles. The van der Waals surface area contributed by atoms with E-state index in [2.05, 4.69) is 22.1 Å². The van der Waals surface area contributed by atoms with E-state index < -0.39 is 0 Å². The van der Waals surface area contributed by atoms with Crippen LogP contribution in [-0.4, -0.2) is 35.6 Å². The summed E-state index contributed by atoms with van der Waals surface area (Å²) < 4.78 is 0. The SMILES string of the molecule is CCN1CCCC1CNc1ccc(N)c(C)n1. The average molecular weight is 234 g/mol. The van der Waals surface area contributed by atoms with E-state index in [0.29, 0.717) is 6.04 Å². The zero-order valence-corrected chi connectivity index (χ0v) is 10.7. The van der Waals surface area contributed by atoms with E-state index >= 15 is 0 Å². The fraction of sp³-hybridized carbons (Fsp3) is 0.615. The Balaban J connectivity index is 1.91. The number of nitrogens with zero attached hydrogens (tertiary/aromatic N) is 2. The Kier molecular flexibility index (Phi) is 3.84. The molecule has 0 aliphatic carbocycles. The molecule has 4 heteroatoms. The van der Waals surface area contributed by atoms with Gasteiger partial charge in [-0.15, -0.1) is 0 Å². The second-order valence-corrected chi connectivity index (χ2v) is 4.68. The molecule has 4 nitrogen and oxygen atoms in total. The summed E-state index contributed by atoms with van der Waals surface area (Å²) in [6, 6.07) is 4.52. The van der Waals surface area contributed by atoms with Crippen molar-refractivity contribution in [2.45, 2.75) is 32.7 Å². The van der Waals surface area contributed by atoms with Gasteiger partial charge in [-0.1, -0.05) is 6.92 Å². The summed E-state index contributed by atoms with van der Waals surface area (Å²) in [5.41, 5.74) is 7.41. The van der Waals surface area contributed by atoms with Crippen molar-refractivity contribution in [2.75, 3.05) is 30.7 Å². The standard InChI is InChI=1S/C13H22N4/c1-3-17-8-4-5-11(17)9-15-13-7-6-12(14)10(2)16-13/h6-7,11H,3-5,8-9,14H2,1-2H3,(H,15,16). The quantitative estimate of drug-likeness (QED) is 0.835. The highest BCUT2D eigenvalue weighted by atomic mass is 15.2. The first-order valence-electron chi connectivity index (χ1n) is 6.41. The van der Waals surface area contributed by atoms with Crippen molar-refractivity contribution in [3.05, 3.63) is 17.8 Å². The number of likely N-dealkylation sites (tertiary alicyclic amines) is 1. The molecule has 2 heterocycles.